The Labute approximate surface area is 102 Å². The van der Waals surface area contributed by atoms with E-state index < -0.39 is 0 Å². The van der Waals surface area contributed by atoms with Crippen LogP contribution in [0, 0.1) is 6.92 Å². The van der Waals surface area contributed by atoms with Gasteiger partial charge in [-0.1, -0.05) is 11.6 Å². The van der Waals surface area contributed by atoms with Crippen molar-refractivity contribution in [3.05, 3.63) is 23.0 Å². The van der Waals surface area contributed by atoms with Crippen molar-refractivity contribution in [2.24, 2.45) is 0 Å². The predicted molar refractivity (Wildman–Crippen MR) is 68.1 cm³/mol. The second kappa shape index (κ2) is 5.51. The summed E-state index contributed by atoms with van der Waals surface area (Å²) in [4.78, 5) is 4.25. The number of aryl methyl sites for hydroxylation is 1. The molecule has 2 N–H and O–H groups in total. The van der Waals surface area contributed by atoms with E-state index in [-0.39, 0.29) is 0 Å². The van der Waals surface area contributed by atoms with Gasteiger partial charge in [-0.25, -0.2) is 4.98 Å². The van der Waals surface area contributed by atoms with Gasteiger partial charge in [0.15, 0.2) is 0 Å². The average molecular weight is 240 g/mol. The van der Waals surface area contributed by atoms with Crippen molar-refractivity contribution in [2.45, 2.75) is 32.2 Å². The molecule has 0 radical (unpaired) electrons. The summed E-state index contributed by atoms with van der Waals surface area (Å²) in [5.74, 6) is 0. The second-order valence-corrected chi connectivity index (χ2v) is 4.68. The zero-order valence-corrected chi connectivity index (χ0v) is 10.3. The van der Waals surface area contributed by atoms with Crippen molar-refractivity contribution in [3.8, 4) is 0 Å². The maximum Gasteiger partial charge on any atom is 0.129 e. The molecule has 0 saturated carbocycles. The molecule has 2 heterocycles. The third-order valence-corrected chi connectivity index (χ3v) is 3.20. The molecule has 0 aromatic carbocycles. The molecule has 1 saturated heterocycles. The van der Waals surface area contributed by atoms with Crippen LogP contribution < -0.4 is 10.6 Å². The van der Waals surface area contributed by atoms with Gasteiger partial charge in [-0.3, -0.25) is 0 Å². The summed E-state index contributed by atoms with van der Waals surface area (Å²) in [6.07, 6.45) is 3.62. The van der Waals surface area contributed by atoms with E-state index >= 15 is 0 Å². The van der Waals surface area contributed by atoms with Gasteiger partial charge in [0.2, 0.25) is 0 Å². The van der Waals surface area contributed by atoms with Crippen molar-refractivity contribution in [3.63, 3.8) is 0 Å². The van der Waals surface area contributed by atoms with Gasteiger partial charge in [-0.05, 0) is 51.4 Å². The summed E-state index contributed by atoms with van der Waals surface area (Å²) >= 11 is 5.84. The molecule has 0 spiro atoms. The first kappa shape index (κ1) is 11.7. The highest BCUT2D eigenvalue weighted by molar-refractivity contribution is 6.29. The molecule has 1 aliphatic rings. The van der Waals surface area contributed by atoms with Crippen LogP contribution in [-0.2, 0) is 0 Å². The number of halogens is 1. The third kappa shape index (κ3) is 3.09. The van der Waals surface area contributed by atoms with E-state index in [0.29, 0.717) is 11.2 Å². The van der Waals surface area contributed by atoms with Crippen LogP contribution in [0.4, 0.5) is 5.69 Å². The Bertz CT molecular complexity index is 346. The Morgan fingerprint density at radius 1 is 1.38 bits per heavy atom. The molecule has 1 atom stereocenters. The fourth-order valence-electron chi connectivity index (χ4n) is 2.07. The molecule has 0 bridgehead atoms. The highest BCUT2D eigenvalue weighted by Gasteiger charge is 2.12. The molecule has 3 nitrogen and oxygen atoms in total. The lowest BCUT2D eigenvalue weighted by molar-refractivity contribution is 0.636. The van der Waals surface area contributed by atoms with Crippen LogP contribution in [0.2, 0.25) is 5.15 Å². The first-order valence-electron chi connectivity index (χ1n) is 5.86. The van der Waals surface area contributed by atoms with Crippen molar-refractivity contribution in [1.82, 2.24) is 10.3 Å². The number of hydrogen-bond donors (Lipinski definition) is 2. The Hall–Kier alpha value is -0.800. The number of rotatable bonds is 2. The molecule has 0 aliphatic carbocycles. The van der Waals surface area contributed by atoms with E-state index in [1.54, 1.807) is 0 Å². The van der Waals surface area contributed by atoms with Crippen LogP contribution in [0.5, 0.6) is 0 Å². The Kier molecular flexibility index (Phi) is 4.02. The number of nitrogens with one attached hydrogen (secondary N) is 2. The first-order chi connectivity index (χ1) is 7.75. The molecule has 16 heavy (non-hydrogen) atoms. The zero-order valence-electron chi connectivity index (χ0n) is 9.59. The fraction of sp³-hybridized carbons (Fsp3) is 0.583. The Morgan fingerprint density at radius 2 is 2.25 bits per heavy atom. The lowest BCUT2D eigenvalue weighted by Gasteiger charge is -2.18. The standard InChI is InChI=1S/C12H18ClN3/c1-9-11(4-5-12(13)15-9)16-10-3-2-7-14-8-6-10/h4-5,10,14,16H,2-3,6-8H2,1H3. The van der Waals surface area contributed by atoms with Crippen molar-refractivity contribution >= 4 is 17.3 Å². The van der Waals surface area contributed by atoms with Crippen molar-refractivity contribution < 1.29 is 0 Å². The molecule has 1 aliphatic heterocycles. The molecule has 1 fully saturated rings. The molecular weight excluding hydrogens is 222 g/mol. The number of pyridine rings is 1. The molecular formula is C12H18ClN3. The van der Waals surface area contributed by atoms with Gasteiger partial charge in [-0.2, -0.15) is 0 Å². The summed E-state index contributed by atoms with van der Waals surface area (Å²) in [5.41, 5.74) is 2.08. The maximum absolute atomic E-state index is 5.84. The zero-order chi connectivity index (χ0) is 11.4. The number of anilines is 1. The highest BCUT2D eigenvalue weighted by atomic mass is 35.5. The van der Waals surface area contributed by atoms with E-state index in [0.717, 1.165) is 24.5 Å². The lowest BCUT2D eigenvalue weighted by atomic mass is 10.1. The van der Waals surface area contributed by atoms with E-state index in [1.807, 2.05) is 19.1 Å². The van der Waals surface area contributed by atoms with Crippen LogP contribution >= 0.6 is 11.6 Å². The molecule has 0 amide bonds. The average Bonchev–Trinajstić information content (AvgIpc) is 2.51. The predicted octanol–water partition coefficient (Wildman–Crippen LogP) is 2.60. The Balaban J connectivity index is 2.01. The molecule has 2 rings (SSSR count). The van der Waals surface area contributed by atoms with Crippen LogP contribution in [0.25, 0.3) is 0 Å². The molecule has 1 aromatic rings. The summed E-state index contributed by atoms with van der Waals surface area (Å²) in [7, 11) is 0. The van der Waals surface area contributed by atoms with Gasteiger partial charge in [0.25, 0.3) is 0 Å². The summed E-state index contributed by atoms with van der Waals surface area (Å²) < 4.78 is 0. The van der Waals surface area contributed by atoms with E-state index in [9.17, 15) is 0 Å². The van der Waals surface area contributed by atoms with Crippen LogP contribution in [0.1, 0.15) is 25.0 Å². The first-order valence-corrected chi connectivity index (χ1v) is 6.24. The van der Waals surface area contributed by atoms with Crippen LogP contribution in [0.15, 0.2) is 12.1 Å². The van der Waals surface area contributed by atoms with Gasteiger partial charge >= 0.3 is 0 Å². The molecule has 88 valence electrons. The summed E-state index contributed by atoms with van der Waals surface area (Å²) in [6, 6.07) is 4.41. The topological polar surface area (TPSA) is 37.0 Å². The quantitative estimate of drug-likeness (QED) is 0.779. The normalized spacial score (nSPS) is 21.5. The molecule has 1 unspecified atom stereocenters. The summed E-state index contributed by atoms with van der Waals surface area (Å²) in [6.45, 7) is 4.22. The minimum Gasteiger partial charge on any atom is -0.381 e. The van der Waals surface area contributed by atoms with Gasteiger partial charge in [-0.15, -0.1) is 0 Å². The largest absolute Gasteiger partial charge is 0.381 e. The minimum absolute atomic E-state index is 0.552. The van der Waals surface area contributed by atoms with Gasteiger partial charge in [0.1, 0.15) is 5.15 Å². The van der Waals surface area contributed by atoms with Crippen LogP contribution in [0.3, 0.4) is 0 Å². The highest BCUT2D eigenvalue weighted by Crippen LogP contribution is 2.19. The van der Waals surface area contributed by atoms with Crippen molar-refractivity contribution in [1.29, 1.82) is 0 Å². The van der Waals surface area contributed by atoms with E-state index in [1.165, 1.54) is 19.3 Å². The maximum atomic E-state index is 5.84. The minimum atomic E-state index is 0.552. The number of hydrogen-bond acceptors (Lipinski definition) is 3. The van der Waals surface area contributed by atoms with E-state index in [4.69, 9.17) is 11.6 Å². The molecule has 1 aromatic heterocycles. The Morgan fingerprint density at radius 3 is 3.06 bits per heavy atom. The number of aromatic nitrogens is 1. The number of nitrogens with zero attached hydrogens (tertiary/aromatic N) is 1. The van der Waals surface area contributed by atoms with E-state index in [2.05, 4.69) is 15.6 Å². The van der Waals surface area contributed by atoms with Crippen molar-refractivity contribution in [2.75, 3.05) is 18.4 Å². The second-order valence-electron chi connectivity index (χ2n) is 4.29. The van der Waals surface area contributed by atoms with Gasteiger partial charge < -0.3 is 10.6 Å². The SMILES string of the molecule is Cc1nc(Cl)ccc1NC1CCCNCC1. The van der Waals surface area contributed by atoms with Gasteiger partial charge in [0.05, 0.1) is 11.4 Å². The smallest absolute Gasteiger partial charge is 0.129 e. The van der Waals surface area contributed by atoms with Crippen LogP contribution in [-0.4, -0.2) is 24.1 Å². The third-order valence-electron chi connectivity index (χ3n) is 2.99. The lowest BCUT2D eigenvalue weighted by Crippen LogP contribution is -2.22. The monoisotopic (exact) mass is 239 g/mol. The molecule has 4 heteroatoms. The fourth-order valence-corrected chi connectivity index (χ4v) is 2.26. The van der Waals surface area contributed by atoms with Gasteiger partial charge in [0, 0.05) is 6.04 Å². The summed E-state index contributed by atoms with van der Waals surface area (Å²) in [5, 5.41) is 7.53.